The number of piperazine rings is 1. The Labute approximate surface area is 117 Å². The zero-order valence-electron chi connectivity index (χ0n) is 11.0. The molecule has 1 aliphatic heterocycles. The van der Waals surface area contributed by atoms with Gasteiger partial charge in [-0.2, -0.15) is 0 Å². The number of nitro groups is 1. The number of nitro benzene ring substituents is 1. The Bertz CT molecular complexity index is 623. The van der Waals surface area contributed by atoms with E-state index < -0.39 is 14.9 Å². The lowest BCUT2D eigenvalue weighted by atomic mass is 10.2. The molecular weight excluding hydrogens is 284 g/mol. The molecule has 20 heavy (non-hydrogen) atoms. The predicted molar refractivity (Wildman–Crippen MR) is 74.2 cm³/mol. The normalized spacial score (nSPS) is 17.2. The van der Waals surface area contributed by atoms with Crippen molar-refractivity contribution in [3.05, 3.63) is 28.3 Å². The monoisotopic (exact) mass is 300 g/mol. The van der Waals surface area contributed by atoms with E-state index in [0.29, 0.717) is 18.8 Å². The van der Waals surface area contributed by atoms with E-state index in [2.05, 4.69) is 4.90 Å². The summed E-state index contributed by atoms with van der Waals surface area (Å²) < 4.78 is 22.8. The second-order valence-corrected chi connectivity index (χ2v) is 6.30. The minimum Gasteiger partial charge on any atom is -0.363 e. The molecule has 0 radical (unpaired) electrons. The molecule has 0 bridgehead atoms. The van der Waals surface area contributed by atoms with Crippen molar-refractivity contribution < 1.29 is 13.3 Å². The van der Waals surface area contributed by atoms with Gasteiger partial charge in [0.25, 0.3) is 5.69 Å². The van der Waals surface area contributed by atoms with Gasteiger partial charge in [0.2, 0.25) is 10.0 Å². The van der Waals surface area contributed by atoms with Crippen LogP contribution in [-0.2, 0) is 10.0 Å². The Morgan fingerprint density at radius 3 is 2.35 bits per heavy atom. The zero-order valence-corrected chi connectivity index (χ0v) is 11.8. The molecule has 1 saturated heterocycles. The highest BCUT2D eigenvalue weighted by atomic mass is 32.2. The molecule has 0 atom stereocenters. The van der Waals surface area contributed by atoms with Crippen molar-refractivity contribution >= 4 is 21.4 Å². The van der Waals surface area contributed by atoms with E-state index in [-0.39, 0.29) is 10.6 Å². The van der Waals surface area contributed by atoms with Gasteiger partial charge in [0.1, 0.15) is 5.69 Å². The van der Waals surface area contributed by atoms with E-state index in [1.807, 2.05) is 11.9 Å². The minimum absolute atomic E-state index is 0.109. The van der Waals surface area contributed by atoms with E-state index in [1.54, 1.807) is 0 Å². The molecule has 9 heteroatoms. The van der Waals surface area contributed by atoms with Gasteiger partial charge in [-0.15, -0.1) is 0 Å². The van der Waals surface area contributed by atoms with Crippen molar-refractivity contribution in [2.45, 2.75) is 4.90 Å². The number of sulfonamides is 1. The maximum absolute atomic E-state index is 11.4. The first-order chi connectivity index (χ1) is 9.29. The Hall–Kier alpha value is -1.71. The average molecular weight is 300 g/mol. The van der Waals surface area contributed by atoms with Crippen molar-refractivity contribution in [1.29, 1.82) is 0 Å². The molecule has 1 aromatic carbocycles. The summed E-state index contributed by atoms with van der Waals surface area (Å²) in [5.74, 6) is 0. The third-order valence-corrected chi connectivity index (χ3v) is 4.23. The first kappa shape index (κ1) is 14.7. The number of benzene rings is 1. The van der Waals surface area contributed by atoms with Gasteiger partial charge in [0.05, 0.1) is 9.82 Å². The Morgan fingerprint density at radius 1 is 1.25 bits per heavy atom. The van der Waals surface area contributed by atoms with Crippen LogP contribution in [0.25, 0.3) is 0 Å². The summed E-state index contributed by atoms with van der Waals surface area (Å²) in [6.07, 6.45) is 0. The van der Waals surface area contributed by atoms with Crippen LogP contribution in [0.15, 0.2) is 23.1 Å². The summed E-state index contributed by atoms with van der Waals surface area (Å²) in [7, 11) is -1.91. The zero-order chi connectivity index (χ0) is 14.9. The number of nitrogens with two attached hydrogens (primary N) is 1. The molecule has 0 amide bonds. The second-order valence-electron chi connectivity index (χ2n) is 4.74. The van der Waals surface area contributed by atoms with Gasteiger partial charge in [0.15, 0.2) is 0 Å². The topological polar surface area (TPSA) is 110 Å². The van der Waals surface area contributed by atoms with E-state index in [1.165, 1.54) is 12.1 Å². The van der Waals surface area contributed by atoms with E-state index >= 15 is 0 Å². The number of primary sulfonamides is 1. The van der Waals surface area contributed by atoms with Gasteiger partial charge in [-0.3, -0.25) is 10.1 Å². The van der Waals surface area contributed by atoms with Crippen molar-refractivity contribution in [2.24, 2.45) is 5.14 Å². The molecular formula is C11H16N4O4S. The van der Waals surface area contributed by atoms with Crippen molar-refractivity contribution in [2.75, 3.05) is 38.1 Å². The molecule has 0 saturated carbocycles. The molecule has 0 unspecified atom stereocenters. The van der Waals surface area contributed by atoms with Crippen LogP contribution in [0.5, 0.6) is 0 Å². The van der Waals surface area contributed by atoms with Crippen LogP contribution in [0.1, 0.15) is 0 Å². The first-order valence-corrected chi connectivity index (χ1v) is 7.58. The van der Waals surface area contributed by atoms with E-state index in [9.17, 15) is 18.5 Å². The minimum atomic E-state index is -3.88. The van der Waals surface area contributed by atoms with Crippen LogP contribution < -0.4 is 10.0 Å². The Balaban J connectivity index is 2.45. The summed E-state index contributed by atoms with van der Waals surface area (Å²) >= 11 is 0. The highest BCUT2D eigenvalue weighted by molar-refractivity contribution is 7.89. The third-order valence-electron chi connectivity index (χ3n) is 3.32. The number of likely N-dealkylation sites (N-methyl/N-ethyl adjacent to an activating group) is 1. The van der Waals surface area contributed by atoms with Crippen LogP contribution in [0.4, 0.5) is 11.4 Å². The van der Waals surface area contributed by atoms with Crippen molar-refractivity contribution in [3.8, 4) is 0 Å². The molecule has 2 rings (SSSR count). The van der Waals surface area contributed by atoms with Crippen LogP contribution in [0.2, 0.25) is 0 Å². The molecule has 110 valence electrons. The number of anilines is 1. The Kier molecular flexibility index (Phi) is 3.93. The van der Waals surface area contributed by atoms with Gasteiger partial charge < -0.3 is 9.80 Å². The van der Waals surface area contributed by atoms with Crippen LogP contribution in [0.3, 0.4) is 0 Å². The maximum Gasteiger partial charge on any atom is 0.292 e. The lowest BCUT2D eigenvalue weighted by molar-refractivity contribution is -0.384. The van der Waals surface area contributed by atoms with Gasteiger partial charge in [-0.05, 0) is 19.2 Å². The fourth-order valence-electron chi connectivity index (χ4n) is 2.14. The number of nitrogens with zero attached hydrogens (tertiary/aromatic N) is 3. The van der Waals surface area contributed by atoms with Gasteiger partial charge in [-0.1, -0.05) is 0 Å². The number of hydrogen-bond acceptors (Lipinski definition) is 6. The van der Waals surface area contributed by atoms with E-state index in [0.717, 1.165) is 19.2 Å². The Morgan fingerprint density at radius 2 is 1.85 bits per heavy atom. The van der Waals surface area contributed by atoms with Gasteiger partial charge >= 0.3 is 0 Å². The lowest BCUT2D eigenvalue weighted by Crippen LogP contribution is -2.44. The quantitative estimate of drug-likeness (QED) is 0.621. The number of hydrogen-bond donors (Lipinski definition) is 1. The summed E-state index contributed by atoms with van der Waals surface area (Å²) in [5.41, 5.74) is 0.191. The fraction of sp³-hybridized carbons (Fsp3) is 0.455. The standard InChI is InChI=1S/C11H16N4O4S/c1-13-4-6-14(7-5-13)11-8-9(20(12,18)19)2-3-10(11)15(16)17/h2-3,8H,4-7H2,1H3,(H2,12,18,19). The lowest BCUT2D eigenvalue weighted by Gasteiger charge is -2.33. The molecule has 1 heterocycles. The molecule has 8 nitrogen and oxygen atoms in total. The fourth-order valence-corrected chi connectivity index (χ4v) is 2.67. The molecule has 1 aromatic rings. The van der Waals surface area contributed by atoms with Crippen LogP contribution >= 0.6 is 0 Å². The molecule has 2 N–H and O–H groups in total. The summed E-state index contributed by atoms with van der Waals surface area (Å²) in [6, 6.07) is 3.62. The first-order valence-electron chi connectivity index (χ1n) is 6.04. The molecule has 1 aliphatic rings. The molecule has 0 aromatic heterocycles. The summed E-state index contributed by atoms with van der Waals surface area (Å²) in [4.78, 5) is 14.4. The van der Waals surface area contributed by atoms with E-state index in [4.69, 9.17) is 5.14 Å². The molecule has 0 aliphatic carbocycles. The predicted octanol–water partition coefficient (Wildman–Crippen LogP) is -0.00600. The van der Waals surface area contributed by atoms with Crippen molar-refractivity contribution in [3.63, 3.8) is 0 Å². The molecule has 0 spiro atoms. The maximum atomic E-state index is 11.4. The highest BCUT2D eigenvalue weighted by Gasteiger charge is 2.24. The largest absolute Gasteiger partial charge is 0.363 e. The second kappa shape index (κ2) is 5.35. The smallest absolute Gasteiger partial charge is 0.292 e. The van der Waals surface area contributed by atoms with Gasteiger partial charge in [0, 0.05) is 32.2 Å². The number of rotatable bonds is 3. The highest BCUT2D eigenvalue weighted by Crippen LogP contribution is 2.31. The SMILES string of the molecule is CN1CCN(c2cc(S(N)(=O)=O)ccc2[N+](=O)[O-])CC1. The average Bonchev–Trinajstić information content (AvgIpc) is 2.37. The molecule has 1 fully saturated rings. The van der Waals surface area contributed by atoms with Crippen LogP contribution in [0, 0.1) is 10.1 Å². The summed E-state index contributed by atoms with van der Waals surface area (Å²) in [6.45, 7) is 2.73. The van der Waals surface area contributed by atoms with Gasteiger partial charge in [-0.25, -0.2) is 13.6 Å². The van der Waals surface area contributed by atoms with Crippen molar-refractivity contribution in [1.82, 2.24) is 4.90 Å². The third kappa shape index (κ3) is 3.06. The van der Waals surface area contributed by atoms with Crippen LogP contribution in [-0.4, -0.2) is 51.5 Å². The summed E-state index contributed by atoms with van der Waals surface area (Å²) in [5, 5.41) is 16.2.